The number of ether oxygens (including phenoxy) is 2. The van der Waals surface area contributed by atoms with Crippen LogP contribution >= 0.6 is 0 Å². The molecule has 22 heavy (non-hydrogen) atoms. The topological polar surface area (TPSA) is 47.6 Å². The number of alkyl halides is 3. The van der Waals surface area contributed by atoms with Gasteiger partial charge >= 0.3 is 6.18 Å². The van der Waals surface area contributed by atoms with E-state index in [0.29, 0.717) is 19.4 Å². The standard InChI is InChI=1S/C15H24F3NO3/c1-11(22-10-12-6-5-9-21-12)13(20)19-14(15(16,17)18)7-3-2-4-8-14/h11-12H,2-10H2,1H3,(H,19,20)/t11-,12+/m1/s1. The van der Waals surface area contributed by atoms with Crippen molar-refractivity contribution in [2.75, 3.05) is 13.2 Å². The molecular formula is C15H24F3NO3. The highest BCUT2D eigenvalue weighted by Gasteiger charge is 2.55. The molecule has 1 N–H and O–H groups in total. The Balaban J connectivity index is 1.89. The Bertz CT molecular complexity index is 375. The van der Waals surface area contributed by atoms with E-state index in [-0.39, 0.29) is 25.6 Å². The van der Waals surface area contributed by atoms with Crippen molar-refractivity contribution >= 4 is 5.91 Å². The first-order valence-electron chi connectivity index (χ1n) is 7.96. The van der Waals surface area contributed by atoms with Crippen molar-refractivity contribution in [1.29, 1.82) is 0 Å². The third-order valence-corrected chi connectivity index (χ3v) is 4.54. The molecule has 4 nitrogen and oxygen atoms in total. The van der Waals surface area contributed by atoms with Crippen LogP contribution in [0, 0.1) is 0 Å². The van der Waals surface area contributed by atoms with Crippen LogP contribution in [0.15, 0.2) is 0 Å². The first-order valence-corrected chi connectivity index (χ1v) is 7.96. The lowest BCUT2D eigenvalue weighted by Gasteiger charge is -2.40. The van der Waals surface area contributed by atoms with Gasteiger partial charge in [0, 0.05) is 6.61 Å². The number of hydrogen-bond donors (Lipinski definition) is 1. The summed E-state index contributed by atoms with van der Waals surface area (Å²) in [5, 5.41) is 2.22. The van der Waals surface area contributed by atoms with Gasteiger partial charge in [-0.25, -0.2) is 0 Å². The van der Waals surface area contributed by atoms with Crippen LogP contribution in [-0.4, -0.2) is 43.0 Å². The molecule has 2 aliphatic rings. The molecule has 128 valence electrons. The summed E-state index contributed by atoms with van der Waals surface area (Å²) in [6.07, 6.45) is -1.97. The maximum absolute atomic E-state index is 13.4. The zero-order chi connectivity index (χ0) is 16.2. The van der Waals surface area contributed by atoms with Crippen LogP contribution in [0.1, 0.15) is 51.9 Å². The van der Waals surface area contributed by atoms with Gasteiger partial charge in [0.15, 0.2) is 0 Å². The summed E-state index contributed by atoms with van der Waals surface area (Å²) >= 11 is 0. The van der Waals surface area contributed by atoms with Gasteiger partial charge < -0.3 is 14.8 Å². The molecule has 0 aromatic carbocycles. The fourth-order valence-corrected chi connectivity index (χ4v) is 3.08. The molecule has 0 bridgehead atoms. The van der Waals surface area contributed by atoms with E-state index in [1.807, 2.05) is 0 Å². The Labute approximate surface area is 128 Å². The summed E-state index contributed by atoms with van der Waals surface area (Å²) in [5.41, 5.74) is -2.09. The molecular weight excluding hydrogens is 299 g/mol. The zero-order valence-electron chi connectivity index (χ0n) is 12.9. The Morgan fingerprint density at radius 3 is 2.55 bits per heavy atom. The normalized spacial score (nSPS) is 26.6. The van der Waals surface area contributed by atoms with Gasteiger partial charge in [-0.2, -0.15) is 13.2 Å². The molecule has 0 aromatic heterocycles. The minimum atomic E-state index is -4.43. The number of rotatable bonds is 5. The highest BCUT2D eigenvalue weighted by Crippen LogP contribution is 2.41. The smallest absolute Gasteiger partial charge is 0.376 e. The van der Waals surface area contributed by atoms with Crippen molar-refractivity contribution in [2.45, 2.75) is 75.8 Å². The highest BCUT2D eigenvalue weighted by molar-refractivity contribution is 5.81. The third-order valence-electron chi connectivity index (χ3n) is 4.54. The molecule has 0 spiro atoms. The van der Waals surface area contributed by atoms with Crippen LogP contribution < -0.4 is 5.32 Å². The molecule has 1 saturated heterocycles. The Morgan fingerprint density at radius 1 is 1.32 bits per heavy atom. The van der Waals surface area contributed by atoms with E-state index >= 15 is 0 Å². The second-order valence-electron chi connectivity index (χ2n) is 6.24. The molecule has 2 fully saturated rings. The van der Waals surface area contributed by atoms with Crippen LogP contribution in [0.2, 0.25) is 0 Å². The average Bonchev–Trinajstić information content (AvgIpc) is 2.97. The number of carbonyl (C=O) groups excluding carboxylic acids is 1. The van der Waals surface area contributed by atoms with Crippen molar-refractivity contribution in [1.82, 2.24) is 5.32 Å². The van der Waals surface area contributed by atoms with Gasteiger partial charge in [-0.1, -0.05) is 19.3 Å². The van der Waals surface area contributed by atoms with E-state index in [0.717, 1.165) is 19.3 Å². The summed E-state index contributed by atoms with van der Waals surface area (Å²) < 4.78 is 50.9. The second kappa shape index (κ2) is 7.17. The number of hydrogen-bond acceptors (Lipinski definition) is 3. The summed E-state index contributed by atoms with van der Waals surface area (Å²) in [5.74, 6) is -0.697. The van der Waals surface area contributed by atoms with E-state index in [4.69, 9.17) is 9.47 Å². The minimum Gasteiger partial charge on any atom is -0.376 e. The Morgan fingerprint density at radius 2 is 2.00 bits per heavy atom. The average molecular weight is 323 g/mol. The molecule has 2 atom stereocenters. The lowest BCUT2D eigenvalue weighted by molar-refractivity contribution is -0.208. The first kappa shape index (κ1) is 17.5. The molecule has 0 aromatic rings. The van der Waals surface area contributed by atoms with Crippen LogP contribution in [0.25, 0.3) is 0 Å². The van der Waals surface area contributed by atoms with Crippen molar-refractivity contribution in [2.24, 2.45) is 0 Å². The van der Waals surface area contributed by atoms with Crippen LogP contribution in [0.4, 0.5) is 13.2 Å². The quantitative estimate of drug-likeness (QED) is 0.846. The molecule has 1 saturated carbocycles. The van der Waals surface area contributed by atoms with Crippen molar-refractivity contribution in [3.63, 3.8) is 0 Å². The van der Waals surface area contributed by atoms with Crippen LogP contribution in [-0.2, 0) is 14.3 Å². The number of amides is 1. The maximum Gasteiger partial charge on any atom is 0.411 e. The predicted molar refractivity (Wildman–Crippen MR) is 74.4 cm³/mol. The first-order chi connectivity index (χ1) is 10.3. The van der Waals surface area contributed by atoms with Crippen LogP contribution in [0.3, 0.4) is 0 Å². The molecule has 0 radical (unpaired) electrons. The number of halogens is 3. The van der Waals surface area contributed by atoms with Crippen molar-refractivity contribution < 1.29 is 27.4 Å². The maximum atomic E-state index is 13.4. The summed E-state index contributed by atoms with van der Waals surface area (Å²) in [6, 6.07) is 0. The molecule has 1 heterocycles. The van der Waals surface area contributed by atoms with Gasteiger partial charge in [0.2, 0.25) is 5.91 Å². The number of carbonyl (C=O) groups is 1. The summed E-state index contributed by atoms with van der Waals surface area (Å²) in [4.78, 5) is 12.1. The fraction of sp³-hybridized carbons (Fsp3) is 0.933. The van der Waals surface area contributed by atoms with E-state index in [1.54, 1.807) is 0 Å². The van der Waals surface area contributed by atoms with E-state index in [2.05, 4.69) is 5.32 Å². The molecule has 2 rings (SSSR count). The lowest BCUT2D eigenvalue weighted by atomic mass is 9.81. The van der Waals surface area contributed by atoms with Gasteiger partial charge in [-0.3, -0.25) is 4.79 Å². The molecule has 1 aliphatic heterocycles. The summed E-state index contributed by atoms with van der Waals surface area (Å²) in [7, 11) is 0. The van der Waals surface area contributed by atoms with E-state index in [1.165, 1.54) is 6.92 Å². The minimum absolute atomic E-state index is 0.0542. The van der Waals surface area contributed by atoms with Gasteiger partial charge in [0.1, 0.15) is 11.6 Å². The SMILES string of the molecule is C[C@@H](OC[C@@H]1CCCO1)C(=O)NC1(C(F)(F)F)CCCCC1. The Kier molecular flexibility index (Phi) is 5.71. The van der Waals surface area contributed by atoms with E-state index < -0.39 is 23.7 Å². The highest BCUT2D eigenvalue weighted by atomic mass is 19.4. The predicted octanol–water partition coefficient (Wildman–Crippen LogP) is 2.95. The van der Waals surface area contributed by atoms with Crippen LogP contribution in [0.5, 0.6) is 0 Å². The van der Waals surface area contributed by atoms with Gasteiger partial charge in [-0.05, 0) is 32.6 Å². The molecule has 1 amide bonds. The zero-order valence-corrected chi connectivity index (χ0v) is 12.9. The fourth-order valence-electron chi connectivity index (χ4n) is 3.08. The largest absolute Gasteiger partial charge is 0.411 e. The molecule has 7 heteroatoms. The van der Waals surface area contributed by atoms with Gasteiger partial charge in [-0.15, -0.1) is 0 Å². The monoisotopic (exact) mass is 323 g/mol. The van der Waals surface area contributed by atoms with Gasteiger partial charge in [0.05, 0.1) is 12.7 Å². The lowest BCUT2D eigenvalue weighted by Crippen LogP contribution is -2.61. The molecule has 1 aliphatic carbocycles. The van der Waals surface area contributed by atoms with Gasteiger partial charge in [0.25, 0.3) is 0 Å². The molecule has 0 unspecified atom stereocenters. The van der Waals surface area contributed by atoms with Crippen molar-refractivity contribution in [3.05, 3.63) is 0 Å². The summed E-state index contributed by atoms with van der Waals surface area (Å²) in [6.45, 7) is 2.40. The third kappa shape index (κ3) is 4.13. The van der Waals surface area contributed by atoms with Crippen molar-refractivity contribution in [3.8, 4) is 0 Å². The second-order valence-corrected chi connectivity index (χ2v) is 6.24. The Hall–Kier alpha value is -0.820. The van der Waals surface area contributed by atoms with E-state index in [9.17, 15) is 18.0 Å². The number of nitrogens with one attached hydrogen (secondary N) is 1.